The Balaban J connectivity index is 3.94. The van der Waals surface area contributed by atoms with Gasteiger partial charge in [-0.15, -0.1) is 0 Å². The molecular weight excluding hydrogens is 296 g/mol. The summed E-state index contributed by atoms with van der Waals surface area (Å²) >= 11 is 0. The van der Waals surface area contributed by atoms with Crippen LogP contribution in [0.5, 0.6) is 0 Å². The number of esters is 1. The van der Waals surface area contributed by atoms with Crippen molar-refractivity contribution in [3.05, 3.63) is 34.9 Å². The molecule has 0 amide bonds. The van der Waals surface area contributed by atoms with Crippen molar-refractivity contribution >= 4 is 5.97 Å². The quantitative estimate of drug-likeness (QED) is 0.286. The summed E-state index contributed by atoms with van der Waals surface area (Å²) < 4.78 is 5.36. The van der Waals surface area contributed by atoms with Crippen LogP contribution in [0.1, 0.15) is 92.9 Å². The third-order valence-electron chi connectivity index (χ3n) is 3.98. The maximum absolute atomic E-state index is 11.4. The summed E-state index contributed by atoms with van der Waals surface area (Å²) in [6, 6.07) is 0. The van der Waals surface area contributed by atoms with Gasteiger partial charge in [0.15, 0.2) is 0 Å². The number of carbonyl (C=O) groups excluding carboxylic acids is 1. The Morgan fingerprint density at radius 3 is 1.96 bits per heavy atom. The first kappa shape index (κ1) is 22.7. The molecular formula is C22H38O2. The minimum atomic E-state index is -0.0700. The van der Waals surface area contributed by atoms with Crippen LogP contribution in [0.25, 0.3) is 0 Å². The van der Waals surface area contributed by atoms with Crippen LogP contribution in [0.3, 0.4) is 0 Å². The minimum absolute atomic E-state index is 0.0188. The fraction of sp³-hybridized carbons (Fsp3) is 0.682. The zero-order valence-electron chi connectivity index (χ0n) is 16.8. The van der Waals surface area contributed by atoms with E-state index in [-0.39, 0.29) is 12.1 Å². The molecule has 0 aromatic rings. The molecule has 0 aliphatic carbocycles. The summed E-state index contributed by atoms with van der Waals surface area (Å²) in [6.45, 7) is 12.7. The van der Waals surface area contributed by atoms with Crippen molar-refractivity contribution in [2.75, 3.05) is 0 Å². The van der Waals surface area contributed by atoms with Crippen molar-refractivity contribution in [3.8, 4) is 0 Å². The topological polar surface area (TPSA) is 26.3 Å². The number of rotatable bonds is 12. The molecule has 0 bridgehead atoms. The summed E-state index contributed by atoms with van der Waals surface area (Å²) in [7, 11) is 0. The normalized spacial score (nSPS) is 13.6. The highest BCUT2D eigenvalue weighted by molar-refractivity contribution is 5.69. The second-order valence-electron chi connectivity index (χ2n) is 7.09. The highest BCUT2D eigenvalue weighted by Gasteiger charge is 2.07. The van der Waals surface area contributed by atoms with E-state index in [9.17, 15) is 4.79 Å². The van der Waals surface area contributed by atoms with Gasteiger partial charge < -0.3 is 4.74 Å². The first-order chi connectivity index (χ1) is 11.3. The van der Waals surface area contributed by atoms with E-state index < -0.39 is 0 Å². The van der Waals surface area contributed by atoms with E-state index in [1.807, 2.05) is 13.8 Å². The highest BCUT2D eigenvalue weighted by Crippen LogP contribution is 2.13. The highest BCUT2D eigenvalue weighted by atomic mass is 16.5. The SMILES string of the molecule is CCCC(=O)OC(C)CC/C=C(\C)CC/C=C(\C)CCC=C(C)C. The lowest BCUT2D eigenvalue weighted by molar-refractivity contribution is -0.148. The molecule has 0 N–H and O–H groups in total. The Hall–Kier alpha value is -1.31. The molecule has 138 valence electrons. The molecule has 0 aliphatic rings. The first-order valence-corrected chi connectivity index (χ1v) is 9.49. The third-order valence-corrected chi connectivity index (χ3v) is 3.98. The van der Waals surface area contributed by atoms with Gasteiger partial charge >= 0.3 is 5.97 Å². The van der Waals surface area contributed by atoms with Gasteiger partial charge in [0.25, 0.3) is 0 Å². The van der Waals surface area contributed by atoms with Gasteiger partial charge in [-0.1, -0.05) is 41.9 Å². The zero-order valence-corrected chi connectivity index (χ0v) is 16.8. The Morgan fingerprint density at radius 2 is 1.42 bits per heavy atom. The van der Waals surface area contributed by atoms with E-state index in [1.165, 1.54) is 16.7 Å². The Bertz CT molecular complexity index is 437. The first-order valence-electron chi connectivity index (χ1n) is 9.49. The van der Waals surface area contributed by atoms with Crippen LogP contribution in [0.15, 0.2) is 34.9 Å². The maximum Gasteiger partial charge on any atom is 0.306 e. The fourth-order valence-electron chi connectivity index (χ4n) is 2.45. The van der Waals surface area contributed by atoms with E-state index in [0.717, 1.165) is 44.9 Å². The largest absolute Gasteiger partial charge is 0.463 e. The van der Waals surface area contributed by atoms with E-state index in [1.54, 1.807) is 0 Å². The zero-order chi connectivity index (χ0) is 18.4. The van der Waals surface area contributed by atoms with Crippen LogP contribution >= 0.6 is 0 Å². The summed E-state index contributed by atoms with van der Waals surface area (Å²) in [5.74, 6) is -0.0700. The van der Waals surface area contributed by atoms with Crippen molar-refractivity contribution in [1.29, 1.82) is 0 Å². The number of allylic oxidation sites excluding steroid dienone is 6. The molecule has 24 heavy (non-hydrogen) atoms. The van der Waals surface area contributed by atoms with E-state index in [4.69, 9.17) is 4.74 Å². The van der Waals surface area contributed by atoms with Gasteiger partial charge in [-0.3, -0.25) is 4.79 Å². The lowest BCUT2D eigenvalue weighted by Crippen LogP contribution is -2.14. The van der Waals surface area contributed by atoms with Crippen LogP contribution in [-0.2, 0) is 9.53 Å². The maximum atomic E-state index is 11.4. The predicted octanol–water partition coefficient (Wildman–Crippen LogP) is 6.92. The molecule has 0 saturated carbocycles. The molecule has 0 radical (unpaired) electrons. The van der Waals surface area contributed by atoms with Gasteiger partial charge in [-0.05, 0) is 79.6 Å². The fourth-order valence-corrected chi connectivity index (χ4v) is 2.45. The summed E-state index contributed by atoms with van der Waals surface area (Å²) in [5.41, 5.74) is 4.31. The van der Waals surface area contributed by atoms with E-state index in [2.05, 4.69) is 45.9 Å². The Morgan fingerprint density at radius 1 is 0.875 bits per heavy atom. The average Bonchev–Trinajstić information content (AvgIpc) is 2.46. The molecule has 0 aromatic heterocycles. The van der Waals surface area contributed by atoms with Crippen molar-refractivity contribution in [2.24, 2.45) is 0 Å². The molecule has 1 atom stereocenters. The molecule has 0 rings (SSSR count). The molecule has 0 aliphatic heterocycles. The monoisotopic (exact) mass is 334 g/mol. The smallest absolute Gasteiger partial charge is 0.306 e. The van der Waals surface area contributed by atoms with Gasteiger partial charge in [-0.2, -0.15) is 0 Å². The predicted molar refractivity (Wildman–Crippen MR) is 105 cm³/mol. The molecule has 0 aromatic carbocycles. The summed E-state index contributed by atoms with van der Waals surface area (Å²) in [4.78, 5) is 11.4. The average molecular weight is 335 g/mol. The summed E-state index contributed by atoms with van der Waals surface area (Å²) in [6.07, 6.45) is 14.8. The van der Waals surface area contributed by atoms with Gasteiger partial charge in [-0.25, -0.2) is 0 Å². The molecule has 1 unspecified atom stereocenters. The van der Waals surface area contributed by atoms with Gasteiger partial charge in [0.1, 0.15) is 0 Å². The summed E-state index contributed by atoms with van der Waals surface area (Å²) in [5, 5.41) is 0. The van der Waals surface area contributed by atoms with Gasteiger partial charge in [0.2, 0.25) is 0 Å². The molecule has 0 fully saturated rings. The molecule has 2 nitrogen and oxygen atoms in total. The van der Waals surface area contributed by atoms with Crippen LogP contribution in [0, 0.1) is 0 Å². The van der Waals surface area contributed by atoms with Gasteiger partial charge in [0.05, 0.1) is 6.10 Å². The van der Waals surface area contributed by atoms with Crippen LogP contribution < -0.4 is 0 Å². The van der Waals surface area contributed by atoms with Crippen LogP contribution in [0.2, 0.25) is 0 Å². The van der Waals surface area contributed by atoms with E-state index in [0.29, 0.717) is 6.42 Å². The Labute approximate surface area is 150 Å². The molecule has 0 saturated heterocycles. The van der Waals surface area contributed by atoms with Crippen LogP contribution in [-0.4, -0.2) is 12.1 Å². The third kappa shape index (κ3) is 14.3. The van der Waals surface area contributed by atoms with Crippen molar-refractivity contribution in [3.63, 3.8) is 0 Å². The lowest BCUT2D eigenvalue weighted by Gasteiger charge is -2.12. The van der Waals surface area contributed by atoms with Crippen molar-refractivity contribution < 1.29 is 9.53 Å². The second-order valence-corrected chi connectivity index (χ2v) is 7.09. The molecule has 0 heterocycles. The minimum Gasteiger partial charge on any atom is -0.463 e. The Kier molecular flexibility index (Phi) is 13.3. The molecule has 0 spiro atoms. The van der Waals surface area contributed by atoms with Crippen molar-refractivity contribution in [2.45, 2.75) is 99.0 Å². The lowest BCUT2D eigenvalue weighted by atomic mass is 10.1. The van der Waals surface area contributed by atoms with Crippen molar-refractivity contribution in [1.82, 2.24) is 0 Å². The standard InChI is InChI=1S/C22H38O2/c1-7-11-22(23)24-21(6)17-10-16-20(5)15-9-14-19(4)13-8-12-18(2)3/h12,14,16,21H,7-11,13,15,17H2,1-6H3/b19-14+,20-16+. The number of ether oxygens (including phenoxy) is 1. The number of hydrogen-bond donors (Lipinski definition) is 0. The molecule has 2 heteroatoms. The van der Waals surface area contributed by atoms with Gasteiger partial charge in [0, 0.05) is 6.42 Å². The van der Waals surface area contributed by atoms with E-state index >= 15 is 0 Å². The number of carbonyl (C=O) groups is 1. The number of hydrogen-bond acceptors (Lipinski definition) is 2. The van der Waals surface area contributed by atoms with Crippen LogP contribution in [0.4, 0.5) is 0 Å². The second kappa shape index (κ2) is 14.1.